The molecule has 1 saturated heterocycles. The number of Topliss-reactive ketones (excluding diaryl/α,β-unsaturated/α-hetero) is 3. The fourth-order valence-electron chi connectivity index (χ4n) is 7.51. The highest BCUT2D eigenvalue weighted by Gasteiger charge is 2.28. The van der Waals surface area contributed by atoms with Gasteiger partial charge in [0.05, 0.1) is 59.3 Å². The molecule has 0 saturated carbocycles. The standard InChI is InChI=1S/C46H73N11O15/c47-14-12-40-50-52-45(53-51-40)44-48-15-13-35(49-44)8-9-37(59)5-1-4-36(58)6-2-24-69-26-28-71-30-31-72-29-27-70-25-3-7-38(60)10-11-39(46(67)68)57-22-20-55(33-42(63)64)18-16-54(32-41(61)62)17-19-56(21-23-57)34-43(65)66/h13,15,39H,1-12,14,16-34,47H2,(H,61,62)(H,63,64)(H,65,66)(H,67,68). The summed E-state index contributed by atoms with van der Waals surface area (Å²) in [5, 5.41) is 54.5. The monoisotopic (exact) mass is 1020 g/mol. The number of aromatic nitrogens is 6. The molecule has 26 nitrogen and oxygen atoms in total. The normalized spacial score (nSPS) is 15.1. The van der Waals surface area contributed by atoms with E-state index >= 15 is 0 Å². The third-order valence-corrected chi connectivity index (χ3v) is 11.3. The predicted molar refractivity (Wildman–Crippen MR) is 255 cm³/mol. The highest BCUT2D eigenvalue weighted by Crippen LogP contribution is 2.14. The molecule has 0 radical (unpaired) electrons. The Balaban J connectivity index is 1.18. The molecular formula is C46H73N11O15. The number of ether oxygens (including phenoxy) is 4. The summed E-state index contributed by atoms with van der Waals surface area (Å²) in [5.74, 6) is -3.52. The smallest absolute Gasteiger partial charge is 0.320 e. The number of nitrogens with two attached hydrogens (primary N) is 1. The van der Waals surface area contributed by atoms with Gasteiger partial charge in [0.2, 0.25) is 11.6 Å². The molecule has 3 heterocycles. The number of hydrogen-bond acceptors (Lipinski definition) is 22. The summed E-state index contributed by atoms with van der Waals surface area (Å²) in [6.07, 6.45) is 5.43. The number of hydrogen-bond donors (Lipinski definition) is 5. The van der Waals surface area contributed by atoms with Crippen LogP contribution in [0.2, 0.25) is 0 Å². The number of aliphatic carboxylic acids is 4. The minimum absolute atomic E-state index is 0.00736. The van der Waals surface area contributed by atoms with Crippen LogP contribution in [0.25, 0.3) is 11.6 Å². The maximum Gasteiger partial charge on any atom is 0.320 e. The van der Waals surface area contributed by atoms with E-state index in [9.17, 15) is 54.0 Å². The molecule has 0 spiro atoms. The Hall–Kier alpha value is -5.45. The first-order chi connectivity index (χ1) is 34.7. The fraction of sp³-hybridized carbons (Fsp3) is 0.717. The highest BCUT2D eigenvalue weighted by molar-refractivity contribution is 5.81. The van der Waals surface area contributed by atoms with Gasteiger partial charge in [0.1, 0.15) is 23.4 Å². The lowest BCUT2D eigenvalue weighted by molar-refractivity contribution is -0.145. The molecular weight excluding hydrogens is 947 g/mol. The first kappa shape index (κ1) is 60.9. The number of aryl methyl sites for hydroxylation is 1. The first-order valence-electron chi connectivity index (χ1n) is 24.5. The molecule has 26 heteroatoms. The van der Waals surface area contributed by atoms with E-state index in [4.69, 9.17) is 24.7 Å². The molecule has 2 aromatic heterocycles. The number of nitrogens with zero attached hydrogens (tertiary/aromatic N) is 10. The average Bonchev–Trinajstić information content (AvgIpc) is 3.33. The number of ketones is 3. The van der Waals surface area contributed by atoms with Crippen molar-refractivity contribution in [2.75, 3.05) is 131 Å². The Morgan fingerprint density at radius 1 is 0.528 bits per heavy atom. The van der Waals surface area contributed by atoms with Crippen LogP contribution in [0, 0.1) is 0 Å². The summed E-state index contributed by atoms with van der Waals surface area (Å²) in [5.41, 5.74) is 6.16. The Morgan fingerprint density at radius 3 is 1.42 bits per heavy atom. The van der Waals surface area contributed by atoms with Crippen LogP contribution in [-0.2, 0) is 65.4 Å². The summed E-state index contributed by atoms with van der Waals surface area (Å²) >= 11 is 0. The van der Waals surface area contributed by atoms with Crippen LogP contribution in [0.1, 0.15) is 75.7 Å². The quantitative estimate of drug-likeness (QED) is 0.0523. The van der Waals surface area contributed by atoms with E-state index in [0.29, 0.717) is 122 Å². The average molecular weight is 1020 g/mol. The third kappa shape index (κ3) is 28.0. The molecule has 0 amide bonds. The van der Waals surface area contributed by atoms with Gasteiger partial charge in [-0.05, 0) is 44.7 Å². The minimum atomic E-state index is -1.15. The number of carbonyl (C=O) groups is 7. The second-order valence-corrected chi connectivity index (χ2v) is 17.1. The largest absolute Gasteiger partial charge is 0.480 e. The van der Waals surface area contributed by atoms with Gasteiger partial charge in [0, 0.05) is 122 Å². The Kier molecular flexibility index (Phi) is 30.8. The lowest BCUT2D eigenvalue weighted by Crippen LogP contribution is -2.51. The van der Waals surface area contributed by atoms with Crippen LogP contribution >= 0.6 is 0 Å². The van der Waals surface area contributed by atoms with E-state index < -0.39 is 29.9 Å². The van der Waals surface area contributed by atoms with Crippen molar-refractivity contribution >= 4 is 41.2 Å². The van der Waals surface area contributed by atoms with Gasteiger partial charge in [-0.15, -0.1) is 20.4 Å². The van der Waals surface area contributed by atoms with Gasteiger partial charge in [-0.25, -0.2) is 9.97 Å². The molecule has 1 aliphatic rings. The van der Waals surface area contributed by atoms with Gasteiger partial charge in [-0.3, -0.25) is 53.2 Å². The lowest BCUT2D eigenvalue weighted by Gasteiger charge is -2.35. The molecule has 3 rings (SSSR count). The number of carboxylic acids is 4. The molecule has 402 valence electrons. The number of rotatable bonds is 38. The van der Waals surface area contributed by atoms with E-state index in [1.54, 1.807) is 31.9 Å². The van der Waals surface area contributed by atoms with Crippen LogP contribution < -0.4 is 5.73 Å². The van der Waals surface area contributed by atoms with E-state index in [0.717, 1.165) is 0 Å². The van der Waals surface area contributed by atoms with Crippen molar-refractivity contribution < 1.29 is 72.9 Å². The van der Waals surface area contributed by atoms with Crippen molar-refractivity contribution in [1.29, 1.82) is 0 Å². The second-order valence-electron chi connectivity index (χ2n) is 17.1. The van der Waals surface area contributed by atoms with E-state index in [1.165, 1.54) is 0 Å². The van der Waals surface area contributed by atoms with Crippen molar-refractivity contribution in [2.45, 2.75) is 83.1 Å². The summed E-state index contributed by atoms with van der Waals surface area (Å²) in [6.45, 7) is 3.62. The van der Waals surface area contributed by atoms with Gasteiger partial charge < -0.3 is 45.1 Å². The zero-order valence-corrected chi connectivity index (χ0v) is 41.2. The molecule has 1 fully saturated rings. The fourth-order valence-corrected chi connectivity index (χ4v) is 7.51. The third-order valence-electron chi connectivity index (χ3n) is 11.3. The molecule has 1 unspecified atom stereocenters. The predicted octanol–water partition coefficient (Wildman–Crippen LogP) is -0.629. The number of carbonyl (C=O) groups excluding carboxylic acids is 3. The molecule has 6 N–H and O–H groups in total. The topological polar surface area (TPSA) is 354 Å². The summed E-state index contributed by atoms with van der Waals surface area (Å²) in [6, 6.07) is 0.644. The van der Waals surface area contributed by atoms with Gasteiger partial charge >= 0.3 is 23.9 Å². The van der Waals surface area contributed by atoms with Crippen LogP contribution in [-0.4, -0.2) is 249 Å². The molecule has 72 heavy (non-hydrogen) atoms. The van der Waals surface area contributed by atoms with Crippen LogP contribution in [0.15, 0.2) is 12.3 Å². The molecule has 0 aliphatic carbocycles. The van der Waals surface area contributed by atoms with E-state index in [2.05, 4.69) is 30.4 Å². The minimum Gasteiger partial charge on any atom is -0.480 e. The van der Waals surface area contributed by atoms with Gasteiger partial charge in [-0.2, -0.15) is 0 Å². The maximum absolute atomic E-state index is 12.8. The van der Waals surface area contributed by atoms with Crippen LogP contribution in [0.3, 0.4) is 0 Å². The Morgan fingerprint density at radius 2 is 0.958 bits per heavy atom. The van der Waals surface area contributed by atoms with Gasteiger partial charge in [0.25, 0.3) is 0 Å². The molecule has 1 atom stereocenters. The van der Waals surface area contributed by atoms with Crippen molar-refractivity contribution in [1.82, 2.24) is 50.0 Å². The van der Waals surface area contributed by atoms with Crippen molar-refractivity contribution in [3.8, 4) is 11.6 Å². The second kappa shape index (κ2) is 36.5. The van der Waals surface area contributed by atoms with Gasteiger partial charge in [0.15, 0.2) is 5.82 Å². The summed E-state index contributed by atoms with van der Waals surface area (Å²) in [4.78, 5) is 99.7. The van der Waals surface area contributed by atoms with Crippen molar-refractivity contribution in [3.63, 3.8) is 0 Å². The zero-order chi connectivity index (χ0) is 52.4. The van der Waals surface area contributed by atoms with Crippen molar-refractivity contribution in [3.05, 3.63) is 23.8 Å². The zero-order valence-electron chi connectivity index (χ0n) is 41.2. The lowest BCUT2D eigenvalue weighted by atomic mass is 10.0. The first-order valence-corrected chi connectivity index (χ1v) is 24.5. The summed E-state index contributed by atoms with van der Waals surface area (Å²) in [7, 11) is 0. The Bertz CT molecular complexity index is 1920. The molecule has 2 aromatic rings. The molecule has 1 aliphatic heterocycles. The summed E-state index contributed by atoms with van der Waals surface area (Å²) < 4.78 is 22.2. The van der Waals surface area contributed by atoms with Gasteiger partial charge in [-0.1, -0.05) is 0 Å². The maximum atomic E-state index is 12.8. The van der Waals surface area contributed by atoms with Crippen LogP contribution in [0.4, 0.5) is 0 Å². The van der Waals surface area contributed by atoms with E-state index in [-0.39, 0.29) is 127 Å². The highest BCUT2D eigenvalue weighted by atomic mass is 16.6. The van der Waals surface area contributed by atoms with Crippen molar-refractivity contribution in [2.24, 2.45) is 5.73 Å². The molecule has 0 aromatic carbocycles. The van der Waals surface area contributed by atoms with E-state index in [1.807, 2.05) is 0 Å². The Labute approximate surface area is 418 Å². The number of carboxylic acid groups (broad SMARTS) is 4. The SMILES string of the molecule is NCCc1nnc(-c2nccc(CCC(=O)CCCC(=O)CCCOCCOCCOCCOCCCC(=O)CCC(C(=O)O)N3CCN(CC(=O)O)CCN(CC(=O)O)CCN(CC(=O)O)CC3)n2)nn1. The molecule has 0 bridgehead atoms. The van der Waals surface area contributed by atoms with Crippen LogP contribution in [0.5, 0.6) is 0 Å².